The zero-order chi connectivity index (χ0) is 16.8. The molecule has 23 heavy (non-hydrogen) atoms. The third kappa shape index (κ3) is 2.75. The minimum atomic E-state index is -0.484. The van der Waals surface area contributed by atoms with E-state index in [0.29, 0.717) is 24.2 Å². The molecule has 0 saturated carbocycles. The molecule has 0 unspecified atom stereocenters. The first-order chi connectivity index (χ1) is 10.8. The number of likely N-dealkylation sites (tertiary alicyclic amines) is 1. The van der Waals surface area contributed by atoms with Crippen LogP contribution in [0.4, 0.5) is 4.79 Å². The third-order valence-corrected chi connectivity index (χ3v) is 4.42. The summed E-state index contributed by atoms with van der Waals surface area (Å²) in [6.07, 6.45) is 1.43. The molecular formula is C18H19N3O2. The molecule has 0 atom stereocenters. The summed E-state index contributed by atoms with van der Waals surface area (Å²) >= 11 is 0. The van der Waals surface area contributed by atoms with Crippen molar-refractivity contribution in [2.75, 3.05) is 13.1 Å². The van der Waals surface area contributed by atoms with Crippen molar-refractivity contribution in [3.8, 4) is 12.1 Å². The monoisotopic (exact) mass is 309 g/mol. The molecule has 3 rings (SSSR count). The van der Waals surface area contributed by atoms with Gasteiger partial charge in [-0.25, -0.2) is 4.79 Å². The van der Waals surface area contributed by atoms with Gasteiger partial charge < -0.3 is 9.64 Å². The van der Waals surface area contributed by atoms with Gasteiger partial charge in [0.1, 0.15) is 17.7 Å². The number of hydrogen-bond donors (Lipinski definition) is 0. The predicted molar refractivity (Wildman–Crippen MR) is 83.5 cm³/mol. The summed E-state index contributed by atoms with van der Waals surface area (Å²) in [5, 5.41) is 18.3. The standard InChI is InChI=1S/C18H19N3O2/c1-17(2,3)23-16(22)21-10-18(11-21)6-12-4-14(8-19)15(9-20)5-13(12)7-18/h4-5H,6-7,10-11H2,1-3H3. The Bertz CT molecular complexity index is 711. The number of amides is 1. The number of nitrogens with zero attached hydrogens (tertiary/aromatic N) is 3. The van der Waals surface area contributed by atoms with Crippen LogP contribution in [0.2, 0.25) is 0 Å². The van der Waals surface area contributed by atoms with E-state index in [2.05, 4.69) is 12.1 Å². The van der Waals surface area contributed by atoms with Gasteiger partial charge in [0, 0.05) is 18.5 Å². The molecule has 0 N–H and O–H groups in total. The van der Waals surface area contributed by atoms with Crippen LogP contribution < -0.4 is 0 Å². The van der Waals surface area contributed by atoms with E-state index in [1.807, 2.05) is 32.9 Å². The van der Waals surface area contributed by atoms with Gasteiger partial charge in [-0.1, -0.05) is 0 Å². The van der Waals surface area contributed by atoms with Gasteiger partial charge in [-0.05, 0) is 56.9 Å². The van der Waals surface area contributed by atoms with Gasteiger partial charge in [-0.15, -0.1) is 0 Å². The smallest absolute Gasteiger partial charge is 0.410 e. The number of benzene rings is 1. The van der Waals surface area contributed by atoms with Gasteiger partial charge in [0.2, 0.25) is 0 Å². The molecule has 1 aliphatic heterocycles. The summed E-state index contributed by atoms with van der Waals surface area (Å²) in [6.45, 7) is 6.91. The maximum atomic E-state index is 12.1. The quantitative estimate of drug-likeness (QED) is 0.738. The van der Waals surface area contributed by atoms with E-state index in [-0.39, 0.29) is 11.5 Å². The molecule has 1 aromatic carbocycles. The minimum absolute atomic E-state index is 0.0417. The fraction of sp³-hybridized carbons (Fsp3) is 0.500. The first-order valence-electron chi connectivity index (χ1n) is 7.69. The van der Waals surface area contributed by atoms with Gasteiger partial charge in [0.25, 0.3) is 0 Å². The lowest BCUT2D eigenvalue weighted by Crippen LogP contribution is -2.59. The van der Waals surface area contributed by atoms with Crippen molar-refractivity contribution in [2.24, 2.45) is 5.41 Å². The van der Waals surface area contributed by atoms with Gasteiger partial charge >= 0.3 is 6.09 Å². The highest BCUT2D eigenvalue weighted by Gasteiger charge is 2.49. The molecular weight excluding hydrogens is 290 g/mol. The molecule has 5 nitrogen and oxygen atoms in total. The molecule has 5 heteroatoms. The van der Waals surface area contributed by atoms with Crippen LogP contribution in [0, 0.1) is 28.1 Å². The second-order valence-corrected chi connectivity index (χ2v) is 7.58. The molecule has 1 aromatic rings. The van der Waals surface area contributed by atoms with Crippen LogP contribution in [-0.2, 0) is 17.6 Å². The van der Waals surface area contributed by atoms with E-state index in [9.17, 15) is 4.79 Å². The molecule has 1 spiro atoms. The first-order valence-corrected chi connectivity index (χ1v) is 7.69. The van der Waals surface area contributed by atoms with E-state index in [1.165, 1.54) is 0 Å². The maximum absolute atomic E-state index is 12.1. The normalized spacial score (nSPS) is 17.9. The zero-order valence-corrected chi connectivity index (χ0v) is 13.6. The van der Waals surface area contributed by atoms with Crippen molar-refractivity contribution >= 4 is 6.09 Å². The molecule has 0 aromatic heterocycles. The van der Waals surface area contributed by atoms with E-state index in [1.54, 1.807) is 4.90 Å². The van der Waals surface area contributed by atoms with Crippen LogP contribution in [0.25, 0.3) is 0 Å². The van der Waals surface area contributed by atoms with Crippen LogP contribution in [0.15, 0.2) is 12.1 Å². The van der Waals surface area contributed by atoms with Gasteiger partial charge in [-0.2, -0.15) is 10.5 Å². The molecule has 2 aliphatic rings. The van der Waals surface area contributed by atoms with Crippen LogP contribution in [-0.4, -0.2) is 29.7 Å². The molecule has 1 saturated heterocycles. The molecule has 0 bridgehead atoms. The first kappa shape index (κ1) is 15.4. The fourth-order valence-electron chi connectivity index (χ4n) is 3.52. The van der Waals surface area contributed by atoms with Gasteiger partial charge in [0.05, 0.1) is 11.1 Å². The highest BCUT2D eigenvalue weighted by Crippen LogP contribution is 2.44. The van der Waals surface area contributed by atoms with Gasteiger partial charge in [0.15, 0.2) is 0 Å². The second kappa shape index (κ2) is 4.99. The summed E-state index contributed by atoms with van der Waals surface area (Å²) in [5.41, 5.74) is 2.69. The summed E-state index contributed by atoms with van der Waals surface area (Å²) in [4.78, 5) is 13.8. The molecule has 1 heterocycles. The minimum Gasteiger partial charge on any atom is -0.444 e. The topological polar surface area (TPSA) is 77.1 Å². The van der Waals surface area contributed by atoms with Crippen molar-refractivity contribution in [1.82, 2.24) is 4.90 Å². The summed E-state index contributed by atoms with van der Waals surface area (Å²) in [6, 6.07) is 7.83. The van der Waals surface area contributed by atoms with Crippen molar-refractivity contribution in [3.05, 3.63) is 34.4 Å². The Morgan fingerprint density at radius 1 is 1.13 bits per heavy atom. The van der Waals surface area contributed by atoms with Crippen LogP contribution in [0.1, 0.15) is 43.0 Å². The number of carbonyl (C=O) groups excluding carboxylic acids is 1. The van der Waals surface area contributed by atoms with Crippen LogP contribution in [0.5, 0.6) is 0 Å². The Balaban J connectivity index is 1.71. The van der Waals surface area contributed by atoms with E-state index < -0.39 is 5.60 Å². The lowest BCUT2D eigenvalue weighted by molar-refractivity contribution is -0.0306. The number of fused-ring (bicyclic) bond motifs is 1. The number of nitriles is 2. The van der Waals surface area contributed by atoms with Crippen molar-refractivity contribution in [2.45, 2.75) is 39.2 Å². The number of rotatable bonds is 0. The van der Waals surface area contributed by atoms with Crippen LogP contribution >= 0.6 is 0 Å². The molecule has 1 aliphatic carbocycles. The molecule has 1 fully saturated rings. The van der Waals surface area contributed by atoms with Gasteiger partial charge in [-0.3, -0.25) is 0 Å². The Morgan fingerprint density at radius 3 is 2.00 bits per heavy atom. The number of ether oxygens (including phenoxy) is 1. The lowest BCUT2D eigenvalue weighted by Gasteiger charge is -2.48. The highest BCUT2D eigenvalue weighted by atomic mass is 16.6. The number of hydrogen-bond acceptors (Lipinski definition) is 4. The highest BCUT2D eigenvalue weighted by molar-refractivity contribution is 5.70. The third-order valence-electron chi connectivity index (χ3n) is 4.42. The molecule has 1 amide bonds. The maximum Gasteiger partial charge on any atom is 0.410 e. The predicted octanol–water partition coefficient (Wildman–Crippen LogP) is 2.77. The summed E-state index contributed by atoms with van der Waals surface area (Å²) < 4.78 is 5.40. The zero-order valence-electron chi connectivity index (χ0n) is 13.6. The molecule has 118 valence electrons. The van der Waals surface area contributed by atoms with Crippen molar-refractivity contribution in [1.29, 1.82) is 10.5 Å². The fourth-order valence-corrected chi connectivity index (χ4v) is 3.52. The SMILES string of the molecule is CC(C)(C)OC(=O)N1CC2(Cc3cc(C#N)c(C#N)cc3C2)C1. The lowest BCUT2D eigenvalue weighted by atomic mass is 9.77. The average molecular weight is 309 g/mol. The van der Waals surface area contributed by atoms with Crippen molar-refractivity contribution < 1.29 is 9.53 Å². The summed E-state index contributed by atoms with van der Waals surface area (Å²) in [5.74, 6) is 0. The average Bonchev–Trinajstić information content (AvgIpc) is 2.80. The van der Waals surface area contributed by atoms with E-state index in [0.717, 1.165) is 24.0 Å². The second-order valence-electron chi connectivity index (χ2n) is 7.58. The summed E-state index contributed by atoms with van der Waals surface area (Å²) in [7, 11) is 0. The largest absolute Gasteiger partial charge is 0.444 e. The Labute approximate surface area is 136 Å². The van der Waals surface area contributed by atoms with Crippen molar-refractivity contribution in [3.63, 3.8) is 0 Å². The van der Waals surface area contributed by atoms with Crippen LogP contribution in [0.3, 0.4) is 0 Å². The Hall–Kier alpha value is -2.53. The van der Waals surface area contributed by atoms with E-state index in [4.69, 9.17) is 15.3 Å². The van der Waals surface area contributed by atoms with E-state index >= 15 is 0 Å². The Morgan fingerprint density at radius 2 is 1.61 bits per heavy atom. The molecule has 0 radical (unpaired) electrons. The number of carbonyl (C=O) groups is 1. The Kier molecular flexibility index (Phi) is 3.34.